The molecule has 0 fully saturated rings. The van der Waals surface area contributed by atoms with Gasteiger partial charge in [0.25, 0.3) is 0 Å². The molecular weight excluding hydrogens is 240 g/mol. The first kappa shape index (κ1) is 13.1. The summed E-state index contributed by atoms with van der Waals surface area (Å²) in [7, 11) is 0. The van der Waals surface area contributed by atoms with Gasteiger partial charge in [0.05, 0.1) is 5.69 Å². The predicted molar refractivity (Wildman–Crippen MR) is 74.5 cm³/mol. The lowest BCUT2D eigenvalue weighted by Gasteiger charge is -2.11. The van der Waals surface area contributed by atoms with Gasteiger partial charge in [-0.25, -0.2) is 0 Å². The first-order valence-corrected chi connectivity index (χ1v) is 6.05. The summed E-state index contributed by atoms with van der Waals surface area (Å²) < 4.78 is 0. The van der Waals surface area contributed by atoms with E-state index in [0.29, 0.717) is 29.7 Å². The van der Waals surface area contributed by atoms with Gasteiger partial charge in [-0.05, 0) is 26.0 Å². The standard InChI is InChI=1S/C15H16N2O2/c1-10-3-5-13(6-4-10)17-8-14-12(9-18)7-16-11(2)15(14)19/h3-7,9,17,19H,8H2,1-2H3. The number of aldehydes is 1. The third-order valence-electron chi connectivity index (χ3n) is 3.02. The van der Waals surface area contributed by atoms with E-state index in [-0.39, 0.29) is 5.75 Å². The second-order valence-corrected chi connectivity index (χ2v) is 4.46. The Bertz CT molecular complexity index is 592. The third kappa shape index (κ3) is 2.91. The zero-order valence-electron chi connectivity index (χ0n) is 11.0. The number of anilines is 1. The average Bonchev–Trinajstić information content (AvgIpc) is 2.42. The summed E-state index contributed by atoms with van der Waals surface area (Å²) >= 11 is 0. The molecule has 2 aromatic rings. The van der Waals surface area contributed by atoms with Crippen LogP contribution >= 0.6 is 0 Å². The fourth-order valence-corrected chi connectivity index (χ4v) is 1.81. The summed E-state index contributed by atoms with van der Waals surface area (Å²) in [5.74, 6) is 0.0733. The lowest BCUT2D eigenvalue weighted by Crippen LogP contribution is -2.05. The van der Waals surface area contributed by atoms with E-state index in [1.54, 1.807) is 6.92 Å². The highest BCUT2D eigenvalue weighted by atomic mass is 16.3. The van der Waals surface area contributed by atoms with Crippen LogP contribution in [0.5, 0.6) is 5.75 Å². The van der Waals surface area contributed by atoms with Gasteiger partial charge in [-0.1, -0.05) is 17.7 Å². The summed E-state index contributed by atoms with van der Waals surface area (Å²) in [6, 6.07) is 7.92. The Balaban J connectivity index is 2.21. The molecule has 0 atom stereocenters. The first-order valence-electron chi connectivity index (χ1n) is 6.05. The lowest BCUT2D eigenvalue weighted by atomic mass is 10.1. The molecule has 0 aliphatic heterocycles. The molecule has 1 aromatic carbocycles. The largest absolute Gasteiger partial charge is 0.506 e. The van der Waals surface area contributed by atoms with Gasteiger partial charge in [0.2, 0.25) is 0 Å². The summed E-state index contributed by atoms with van der Waals surface area (Å²) in [6.45, 7) is 4.11. The van der Waals surface area contributed by atoms with Crippen molar-refractivity contribution in [2.24, 2.45) is 0 Å². The van der Waals surface area contributed by atoms with Gasteiger partial charge in [0.15, 0.2) is 6.29 Å². The van der Waals surface area contributed by atoms with Crippen molar-refractivity contribution in [1.82, 2.24) is 4.98 Å². The average molecular weight is 256 g/mol. The van der Waals surface area contributed by atoms with Crippen molar-refractivity contribution in [2.75, 3.05) is 5.32 Å². The number of nitrogens with one attached hydrogen (secondary N) is 1. The summed E-state index contributed by atoms with van der Waals surface area (Å²) in [5, 5.41) is 13.2. The fourth-order valence-electron chi connectivity index (χ4n) is 1.81. The van der Waals surface area contributed by atoms with E-state index in [2.05, 4.69) is 10.3 Å². The molecule has 0 radical (unpaired) electrons. The Morgan fingerprint density at radius 2 is 1.95 bits per heavy atom. The van der Waals surface area contributed by atoms with Crippen LogP contribution in [0.25, 0.3) is 0 Å². The van der Waals surface area contributed by atoms with Crippen molar-refractivity contribution in [3.8, 4) is 5.75 Å². The van der Waals surface area contributed by atoms with Gasteiger partial charge in [0, 0.05) is 29.6 Å². The number of carbonyl (C=O) groups is 1. The van der Waals surface area contributed by atoms with Crippen LogP contribution in [0.4, 0.5) is 5.69 Å². The molecule has 2 N–H and O–H groups in total. The maximum absolute atomic E-state index is 11.0. The normalized spacial score (nSPS) is 10.2. The minimum Gasteiger partial charge on any atom is -0.506 e. The number of hydrogen-bond donors (Lipinski definition) is 2. The van der Waals surface area contributed by atoms with Crippen molar-refractivity contribution in [2.45, 2.75) is 20.4 Å². The highest BCUT2D eigenvalue weighted by molar-refractivity contribution is 5.78. The minimum absolute atomic E-state index is 0.0733. The molecule has 4 heteroatoms. The van der Waals surface area contributed by atoms with E-state index in [0.717, 1.165) is 5.69 Å². The molecule has 2 rings (SSSR count). The van der Waals surface area contributed by atoms with Crippen molar-refractivity contribution in [3.63, 3.8) is 0 Å². The minimum atomic E-state index is 0.0733. The molecule has 0 saturated heterocycles. The maximum Gasteiger partial charge on any atom is 0.152 e. The van der Waals surface area contributed by atoms with Crippen LogP contribution in [0.1, 0.15) is 27.2 Å². The van der Waals surface area contributed by atoms with E-state index in [1.165, 1.54) is 11.8 Å². The highest BCUT2D eigenvalue weighted by Gasteiger charge is 2.11. The molecule has 1 heterocycles. The van der Waals surface area contributed by atoms with Gasteiger partial charge in [0.1, 0.15) is 5.75 Å². The zero-order valence-corrected chi connectivity index (χ0v) is 11.0. The Labute approximate surface area is 112 Å². The monoisotopic (exact) mass is 256 g/mol. The summed E-state index contributed by atoms with van der Waals surface area (Å²) in [6.07, 6.45) is 2.19. The van der Waals surface area contributed by atoms with Crippen LogP contribution < -0.4 is 5.32 Å². The van der Waals surface area contributed by atoms with Crippen LogP contribution in [0.3, 0.4) is 0 Å². The fraction of sp³-hybridized carbons (Fsp3) is 0.200. The maximum atomic E-state index is 11.0. The number of benzene rings is 1. The number of carbonyl (C=O) groups excluding carboxylic acids is 1. The number of nitrogens with zero attached hydrogens (tertiary/aromatic N) is 1. The molecule has 1 aromatic heterocycles. The van der Waals surface area contributed by atoms with E-state index in [1.807, 2.05) is 31.2 Å². The second kappa shape index (κ2) is 5.52. The molecule has 19 heavy (non-hydrogen) atoms. The Morgan fingerprint density at radius 3 is 2.58 bits per heavy atom. The Hall–Kier alpha value is -2.36. The van der Waals surface area contributed by atoms with E-state index in [9.17, 15) is 9.90 Å². The number of aryl methyl sites for hydroxylation is 2. The second-order valence-electron chi connectivity index (χ2n) is 4.46. The highest BCUT2D eigenvalue weighted by Crippen LogP contribution is 2.23. The molecule has 0 spiro atoms. The zero-order chi connectivity index (χ0) is 13.8. The van der Waals surface area contributed by atoms with E-state index < -0.39 is 0 Å². The van der Waals surface area contributed by atoms with Gasteiger partial charge >= 0.3 is 0 Å². The van der Waals surface area contributed by atoms with Crippen molar-refractivity contribution in [3.05, 3.63) is 52.8 Å². The molecule has 98 valence electrons. The quantitative estimate of drug-likeness (QED) is 0.826. The Kier molecular flexibility index (Phi) is 3.80. The topological polar surface area (TPSA) is 62.2 Å². The van der Waals surface area contributed by atoms with Crippen LogP contribution in [-0.4, -0.2) is 16.4 Å². The third-order valence-corrected chi connectivity index (χ3v) is 3.02. The molecule has 4 nitrogen and oxygen atoms in total. The van der Waals surface area contributed by atoms with Crippen LogP contribution in [-0.2, 0) is 6.54 Å². The number of hydrogen-bond acceptors (Lipinski definition) is 4. The van der Waals surface area contributed by atoms with Crippen molar-refractivity contribution >= 4 is 12.0 Å². The van der Waals surface area contributed by atoms with Gasteiger partial charge < -0.3 is 10.4 Å². The van der Waals surface area contributed by atoms with Crippen LogP contribution in [0.2, 0.25) is 0 Å². The molecule has 0 amide bonds. The molecule has 0 unspecified atom stereocenters. The van der Waals surface area contributed by atoms with E-state index >= 15 is 0 Å². The van der Waals surface area contributed by atoms with Gasteiger partial charge in [-0.2, -0.15) is 0 Å². The van der Waals surface area contributed by atoms with Gasteiger partial charge in [-0.3, -0.25) is 9.78 Å². The Morgan fingerprint density at radius 1 is 1.26 bits per heavy atom. The molecule has 0 saturated carbocycles. The number of aromatic nitrogens is 1. The summed E-state index contributed by atoms with van der Waals surface area (Å²) in [4.78, 5) is 14.9. The van der Waals surface area contributed by atoms with Crippen molar-refractivity contribution < 1.29 is 9.90 Å². The van der Waals surface area contributed by atoms with Crippen LogP contribution in [0.15, 0.2) is 30.5 Å². The van der Waals surface area contributed by atoms with E-state index in [4.69, 9.17) is 0 Å². The number of rotatable bonds is 4. The lowest BCUT2D eigenvalue weighted by molar-refractivity contribution is 0.112. The smallest absolute Gasteiger partial charge is 0.152 e. The molecular formula is C15H16N2O2. The predicted octanol–water partition coefficient (Wildman–Crippen LogP) is 2.83. The van der Waals surface area contributed by atoms with Crippen LogP contribution in [0, 0.1) is 13.8 Å². The van der Waals surface area contributed by atoms with Crippen molar-refractivity contribution in [1.29, 1.82) is 0 Å². The number of pyridine rings is 1. The first-order chi connectivity index (χ1) is 9.11. The number of aromatic hydroxyl groups is 1. The molecule has 0 aliphatic carbocycles. The molecule has 0 bridgehead atoms. The summed E-state index contributed by atoms with van der Waals surface area (Å²) in [5.41, 5.74) is 3.62. The SMILES string of the molecule is Cc1ccc(NCc2c(C=O)cnc(C)c2O)cc1. The molecule has 0 aliphatic rings. The van der Waals surface area contributed by atoms with Gasteiger partial charge in [-0.15, -0.1) is 0 Å².